The molecule has 0 atom stereocenters. The zero-order valence-electron chi connectivity index (χ0n) is 11.6. The highest BCUT2D eigenvalue weighted by Gasteiger charge is 2.19. The number of fused-ring (bicyclic) bond motifs is 3. The molecule has 2 aromatic carbocycles. The van der Waals surface area contributed by atoms with Gasteiger partial charge in [0.25, 0.3) is 0 Å². The Morgan fingerprint density at radius 1 is 0.950 bits per heavy atom. The SMILES string of the molecule is OCCCCc1cc(O)cc2c1-c1ccccc1CC2. The summed E-state index contributed by atoms with van der Waals surface area (Å²) in [6.45, 7) is 0.234. The van der Waals surface area contributed by atoms with Gasteiger partial charge in [0.05, 0.1) is 0 Å². The number of phenolic OH excluding ortho intramolecular Hbond substituents is 1. The second-order valence-corrected chi connectivity index (χ2v) is 5.48. The molecule has 0 saturated carbocycles. The number of hydrogen-bond acceptors (Lipinski definition) is 2. The van der Waals surface area contributed by atoms with Gasteiger partial charge in [-0.25, -0.2) is 0 Å². The first-order valence-corrected chi connectivity index (χ1v) is 7.33. The second-order valence-electron chi connectivity index (χ2n) is 5.48. The number of rotatable bonds is 4. The monoisotopic (exact) mass is 268 g/mol. The summed E-state index contributed by atoms with van der Waals surface area (Å²) >= 11 is 0. The van der Waals surface area contributed by atoms with E-state index in [-0.39, 0.29) is 6.61 Å². The van der Waals surface area contributed by atoms with Crippen LogP contribution in [0.5, 0.6) is 5.75 Å². The lowest BCUT2D eigenvalue weighted by molar-refractivity contribution is 0.284. The summed E-state index contributed by atoms with van der Waals surface area (Å²) in [5.74, 6) is 0.363. The van der Waals surface area contributed by atoms with Gasteiger partial charge in [-0.2, -0.15) is 0 Å². The van der Waals surface area contributed by atoms with Crippen molar-refractivity contribution in [3.05, 3.63) is 53.1 Å². The first-order chi connectivity index (χ1) is 9.79. The van der Waals surface area contributed by atoms with E-state index < -0.39 is 0 Å². The lowest BCUT2D eigenvalue weighted by Crippen LogP contribution is -2.06. The molecule has 2 heteroatoms. The van der Waals surface area contributed by atoms with Crippen LogP contribution in [0, 0.1) is 0 Å². The highest BCUT2D eigenvalue weighted by Crippen LogP contribution is 2.38. The van der Waals surface area contributed by atoms with Crippen LogP contribution in [0.3, 0.4) is 0 Å². The molecule has 0 heterocycles. The minimum absolute atomic E-state index is 0.234. The first kappa shape index (κ1) is 13.2. The molecular weight excluding hydrogens is 248 g/mol. The van der Waals surface area contributed by atoms with Crippen LogP contribution in [0.2, 0.25) is 0 Å². The van der Waals surface area contributed by atoms with Crippen molar-refractivity contribution in [2.75, 3.05) is 6.61 Å². The standard InChI is InChI=1S/C18H20O2/c19-10-4-3-6-14-11-16(20)12-15-9-8-13-5-1-2-7-17(13)18(14)15/h1-2,5,7,11-12,19-20H,3-4,6,8-10H2. The normalized spacial score (nSPS) is 12.8. The Balaban J connectivity index is 2.06. The summed E-state index contributed by atoms with van der Waals surface area (Å²) in [5, 5.41) is 18.9. The molecule has 0 unspecified atom stereocenters. The maximum atomic E-state index is 9.92. The first-order valence-electron chi connectivity index (χ1n) is 7.33. The van der Waals surface area contributed by atoms with Crippen LogP contribution in [0.1, 0.15) is 29.5 Å². The molecule has 0 saturated heterocycles. The van der Waals surface area contributed by atoms with Crippen molar-refractivity contribution in [1.29, 1.82) is 0 Å². The van der Waals surface area contributed by atoms with Crippen LogP contribution >= 0.6 is 0 Å². The Bertz CT molecular complexity index is 617. The Kier molecular flexibility index (Phi) is 3.75. The van der Waals surface area contributed by atoms with Gasteiger partial charge in [-0.05, 0) is 72.1 Å². The minimum Gasteiger partial charge on any atom is -0.508 e. The van der Waals surface area contributed by atoms with Crippen molar-refractivity contribution >= 4 is 0 Å². The number of aliphatic hydroxyl groups excluding tert-OH is 1. The van der Waals surface area contributed by atoms with E-state index in [1.54, 1.807) is 0 Å². The summed E-state index contributed by atoms with van der Waals surface area (Å²) in [6.07, 6.45) is 4.71. The average molecular weight is 268 g/mol. The molecule has 0 fully saturated rings. The van der Waals surface area contributed by atoms with E-state index in [4.69, 9.17) is 5.11 Å². The second kappa shape index (κ2) is 5.68. The van der Waals surface area contributed by atoms with E-state index in [1.807, 2.05) is 12.1 Å². The van der Waals surface area contributed by atoms with Gasteiger partial charge in [-0.3, -0.25) is 0 Å². The van der Waals surface area contributed by atoms with Crippen molar-refractivity contribution < 1.29 is 10.2 Å². The Morgan fingerprint density at radius 2 is 1.75 bits per heavy atom. The van der Waals surface area contributed by atoms with Gasteiger partial charge >= 0.3 is 0 Å². The summed E-state index contributed by atoms with van der Waals surface area (Å²) in [7, 11) is 0. The summed E-state index contributed by atoms with van der Waals surface area (Å²) in [5.41, 5.74) is 6.48. The number of aryl methyl sites for hydroxylation is 3. The molecule has 2 aromatic rings. The maximum absolute atomic E-state index is 9.92. The van der Waals surface area contributed by atoms with Crippen molar-refractivity contribution in [1.82, 2.24) is 0 Å². The molecule has 1 aliphatic rings. The quantitative estimate of drug-likeness (QED) is 0.834. The third-order valence-corrected chi connectivity index (χ3v) is 4.09. The Morgan fingerprint density at radius 3 is 2.60 bits per heavy atom. The van der Waals surface area contributed by atoms with Crippen molar-refractivity contribution in [2.45, 2.75) is 32.1 Å². The highest BCUT2D eigenvalue weighted by atomic mass is 16.3. The molecule has 2 nitrogen and oxygen atoms in total. The summed E-state index contributed by atoms with van der Waals surface area (Å²) in [6, 6.07) is 12.3. The van der Waals surface area contributed by atoms with Gasteiger partial charge in [-0.15, -0.1) is 0 Å². The number of aromatic hydroxyl groups is 1. The van der Waals surface area contributed by atoms with Gasteiger partial charge in [0.2, 0.25) is 0 Å². The van der Waals surface area contributed by atoms with E-state index in [9.17, 15) is 5.11 Å². The molecule has 1 aliphatic carbocycles. The van der Waals surface area contributed by atoms with E-state index in [2.05, 4.69) is 24.3 Å². The largest absolute Gasteiger partial charge is 0.508 e. The van der Waals surface area contributed by atoms with Crippen molar-refractivity contribution in [2.24, 2.45) is 0 Å². The molecule has 3 rings (SSSR count). The van der Waals surface area contributed by atoms with E-state index in [0.29, 0.717) is 5.75 Å². The molecule has 0 radical (unpaired) electrons. The van der Waals surface area contributed by atoms with Gasteiger partial charge in [0, 0.05) is 6.61 Å². The van der Waals surface area contributed by atoms with Crippen LogP contribution in [0.15, 0.2) is 36.4 Å². The van der Waals surface area contributed by atoms with Crippen LogP contribution in [-0.2, 0) is 19.3 Å². The average Bonchev–Trinajstić information content (AvgIpc) is 2.46. The van der Waals surface area contributed by atoms with Crippen molar-refractivity contribution in [3.63, 3.8) is 0 Å². The van der Waals surface area contributed by atoms with Gasteiger partial charge in [0.1, 0.15) is 5.75 Å². The number of hydrogen-bond donors (Lipinski definition) is 2. The molecule has 2 N–H and O–H groups in total. The fourth-order valence-electron chi connectivity index (χ4n) is 3.17. The molecule has 104 valence electrons. The molecule has 0 amide bonds. The van der Waals surface area contributed by atoms with Gasteiger partial charge < -0.3 is 10.2 Å². The van der Waals surface area contributed by atoms with Gasteiger partial charge in [0.15, 0.2) is 0 Å². The fraction of sp³-hybridized carbons (Fsp3) is 0.333. The molecule has 20 heavy (non-hydrogen) atoms. The molecule has 0 aliphatic heterocycles. The van der Waals surface area contributed by atoms with Crippen LogP contribution in [0.4, 0.5) is 0 Å². The Hall–Kier alpha value is -1.80. The van der Waals surface area contributed by atoms with E-state index >= 15 is 0 Å². The van der Waals surface area contributed by atoms with Crippen LogP contribution < -0.4 is 0 Å². The molecule has 0 aromatic heterocycles. The minimum atomic E-state index is 0.234. The smallest absolute Gasteiger partial charge is 0.116 e. The fourth-order valence-corrected chi connectivity index (χ4v) is 3.17. The Labute approximate surface area is 119 Å². The number of phenols is 1. The van der Waals surface area contributed by atoms with Gasteiger partial charge in [-0.1, -0.05) is 24.3 Å². The van der Waals surface area contributed by atoms with E-state index in [0.717, 1.165) is 32.1 Å². The van der Waals surface area contributed by atoms with Crippen LogP contribution in [0.25, 0.3) is 11.1 Å². The maximum Gasteiger partial charge on any atom is 0.116 e. The molecule has 0 bridgehead atoms. The zero-order valence-corrected chi connectivity index (χ0v) is 11.6. The zero-order chi connectivity index (χ0) is 13.9. The lowest BCUT2D eigenvalue weighted by atomic mass is 9.82. The third kappa shape index (κ3) is 2.44. The molecule has 0 spiro atoms. The molecular formula is C18H20O2. The summed E-state index contributed by atoms with van der Waals surface area (Å²) in [4.78, 5) is 0. The predicted octanol–water partition coefficient (Wildman–Crippen LogP) is 3.47. The summed E-state index contributed by atoms with van der Waals surface area (Å²) < 4.78 is 0. The topological polar surface area (TPSA) is 40.5 Å². The highest BCUT2D eigenvalue weighted by molar-refractivity contribution is 5.77. The predicted molar refractivity (Wildman–Crippen MR) is 81.0 cm³/mol. The number of unbranched alkanes of at least 4 members (excludes halogenated alkanes) is 1. The van der Waals surface area contributed by atoms with Crippen molar-refractivity contribution in [3.8, 4) is 16.9 Å². The lowest BCUT2D eigenvalue weighted by Gasteiger charge is -2.23. The third-order valence-electron chi connectivity index (χ3n) is 4.09. The number of aliphatic hydroxyl groups is 1. The van der Waals surface area contributed by atoms with E-state index in [1.165, 1.54) is 27.8 Å². The van der Waals surface area contributed by atoms with Crippen LogP contribution in [-0.4, -0.2) is 16.8 Å². The number of benzene rings is 2.